The average Bonchev–Trinajstić information content (AvgIpc) is 2.72. The minimum atomic E-state index is -1.28. The molecule has 1 unspecified atom stereocenters. The Kier molecular flexibility index (Phi) is 4.91. The standard InChI is InChI=1S/C12H18N2O5/c1-4-5-12(3,11(16)17)13-9(15)7-18-10-6-8(2)19-14-10/h6H,4-5,7H2,1-3H3,(H,13,15)(H,16,17). The highest BCUT2D eigenvalue weighted by atomic mass is 16.5. The van der Waals surface area contributed by atoms with Gasteiger partial charge in [0.25, 0.3) is 11.8 Å². The third-order valence-electron chi connectivity index (χ3n) is 2.59. The maximum Gasteiger partial charge on any atom is 0.329 e. The number of aromatic nitrogens is 1. The van der Waals surface area contributed by atoms with Crippen LogP contribution in [-0.2, 0) is 9.59 Å². The van der Waals surface area contributed by atoms with E-state index in [9.17, 15) is 9.59 Å². The first-order valence-electron chi connectivity index (χ1n) is 5.98. The molecule has 0 spiro atoms. The zero-order valence-corrected chi connectivity index (χ0v) is 11.2. The van der Waals surface area contributed by atoms with Gasteiger partial charge in [0.05, 0.1) is 0 Å². The molecule has 1 heterocycles. The number of amides is 1. The Morgan fingerprint density at radius 2 is 2.26 bits per heavy atom. The van der Waals surface area contributed by atoms with Crippen LogP contribution in [0.25, 0.3) is 0 Å². The van der Waals surface area contributed by atoms with Crippen LogP contribution >= 0.6 is 0 Å². The first kappa shape index (κ1) is 15.0. The van der Waals surface area contributed by atoms with Crippen LogP contribution in [0, 0.1) is 6.92 Å². The number of carboxylic acids is 1. The molecule has 7 heteroatoms. The third-order valence-corrected chi connectivity index (χ3v) is 2.59. The number of aliphatic carboxylic acids is 1. The first-order chi connectivity index (χ1) is 8.87. The second-order valence-corrected chi connectivity index (χ2v) is 4.50. The molecule has 1 amide bonds. The smallest absolute Gasteiger partial charge is 0.329 e. The molecule has 0 saturated heterocycles. The SMILES string of the molecule is CCCC(C)(NC(=O)COc1cc(C)on1)C(=O)O. The number of aryl methyl sites for hydroxylation is 1. The van der Waals surface area contributed by atoms with Crippen molar-refractivity contribution in [2.24, 2.45) is 0 Å². The summed E-state index contributed by atoms with van der Waals surface area (Å²) in [5.74, 6) is -0.823. The van der Waals surface area contributed by atoms with Gasteiger partial charge in [-0.1, -0.05) is 13.3 Å². The number of nitrogens with zero attached hydrogens (tertiary/aromatic N) is 1. The van der Waals surface area contributed by atoms with Crippen LogP contribution in [0.2, 0.25) is 0 Å². The Bertz CT molecular complexity index is 457. The van der Waals surface area contributed by atoms with Crippen molar-refractivity contribution in [3.63, 3.8) is 0 Å². The molecule has 7 nitrogen and oxygen atoms in total. The summed E-state index contributed by atoms with van der Waals surface area (Å²) < 4.78 is 9.86. The van der Waals surface area contributed by atoms with Gasteiger partial charge in [0.1, 0.15) is 11.3 Å². The lowest BCUT2D eigenvalue weighted by atomic mass is 9.96. The zero-order chi connectivity index (χ0) is 14.5. The molecule has 0 saturated carbocycles. The number of hydrogen-bond donors (Lipinski definition) is 2. The summed E-state index contributed by atoms with van der Waals surface area (Å²) >= 11 is 0. The summed E-state index contributed by atoms with van der Waals surface area (Å²) in [6.45, 7) is 4.71. The van der Waals surface area contributed by atoms with Gasteiger partial charge >= 0.3 is 5.97 Å². The number of carbonyl (C=O) groups excluding carboxylic acids is 1. The van der Waals surface area contributed by atoms with Gasteiger partial charge in [0.15, 0.2) is 6.61 Å². The number of hydrogen-bond acceptors (Lipinski definition) is 5. The van der Waals surface area contributed by atoms with Crippen molar-refractivity contribution in [1.29, 1.82) is 0 Å². The molecule has 106 valence electrons. The Morgan fingerprint density at radius 3 is 2.74 bits per heavy atom. The fourth-order valence-electron chi connectivity index (χ4n) is 1.62. The summed E-state index contributed by atoms with van der Waals surface area (Å²) in [6.07, 6.45) is 0.990. The Balaban J connectivity index is 2.51. The van der Waals surface area contributed by atoms with E-state index >= 15 is 0 Å². The fraction of sp³-hybridized carbons (Fsp3) is 0.583. The highest BCUT2D eigenvalue weighted by Gasteiger charge is 2.33. The summed E-state index contributed by atoms with van der Waals surface area (Å²) in [5.41, 5.74) is -1.28. The van der Waals surface area contributed by atoms with E-state index in [1.165, 1.54) is 13.0 Å². The van der Waals surface area contributed by atoms with Gasteiger partial charge in [-0.05, 0) is 25.4 Å². The normalized spacial score (nSPS) is 13.6. The van der Waals surface area contributed by atoms with E-state index in [0.29, 0.717) is 18.6 Å². The lowest BCUT2D eigenvalue weighted by molar-refractivity contribution is -0.147. The van der Waals surface area contributed by atoms with E-state index in [1.54, 1.807) is 6.92 Å². The summed E-state index contributed by atoms with van der Waals surface area (Å²) in [6, 6.07) is 1.54. The van der Waals surface area contributed by atoms with Crippen LogP contribution in [0.15, 0.2) is 10.6 Å². The quantitative estimate of drug-likeness (QED) is 0.769. The fourth-order valence-corrected chi connectivity index (χ4v) is 1.62. The maximum absolute atomic E-state index is 11.7. The van der Waals surface area contributed by atoms with E-state index in [-0.39, 0.29) is 12.5 Å². The van der Waals surface area contributed by atoms with Gasteiger partial charge < -0.3 is 19.7 Å². The van der Waals surface area contributed by atoms with Gasteiger partial charge in [0.2, 0.25) is 0 Å². The molecule has 0 radical (unpaired) electrons. The molecule has 19 heavy (non-hydrogen) atoms. The molecule has 0 aromatic carbocycles. The minimum Gasteiger partial charge on any atom is -0.480 e. The van der Waals surface area contributed by atoms with Crippen molar-refractivity contribution in [2.75, 3.05) is 6.61 Å². The molecule has 0 bridgehead atoms. The predicted octanol–water partition coefficient (Wildman–Crippen LogP) is 1.12. The zero-order valence-electron chi connectivity index (χ0n) is 11.2. The number of ether oxygens (including phenoxy) is 1. The van der Waals surface area contributed by atoms with E-state index in [4.69, 9.17) is 14.4 Å². The monoisotopic (exact) mass is 270 g/mol. The van der Waals surface area contributed by atoms with Crippen LogP contribution in [0.1, 0.15) is 32.4 Å². The minimum absolute atomic E-state index is 0.195. The summed E-state index contributed by atoms with van der Waals surface area (Å²) in [7, 11) is 0. The molecule has 1 aromatic rings. The molecule has 1 atom stereocenters. The van der Waals surface area contributed by atoms with Gasteiger partial charge in [-0.3, -0.25) is 4.79 Å². The van der Waals surface area contributed by atoms with Crippen LogP contribution in [0.3, 0.4) is 0 Å². The molecular weight excluding hydrogens is 252 g/mol. The van der Waals surface area contributed by atoms with Crippen LogP contribution < -0.4 is 10.1 Å². The number of carboxylic acid groups (broad SMARTS) is 1. The van der Waals surface area contributed by atoms with Crippen molar-refractivity contribution in [1.82, 2.24) is 10.5 Å². The predicted molar refractivity (Wildman–Crippen MR) is 65.8 cm³/mol. The second kappa shape index (κ2) is 6.21. The Labute approximate surface area is 110 Å². The molecule has 0 fully saturated rings. The van der Waals surface area contributed by atoms with E-state index < -0.39 is 17.4 Å². The Morgan fingerprint density at radius 1 is 1.58 bits per heavy atom. The highest BCUT2D eigenvalue weighted by molar-refractivity contribution is 5.87. The van der Waals surface area contributed by atoms with Crippen molar-refractivity contribution < 1.29 is 24.0 Å². The van der Waals surface area contributed by atoms with Crippen LogP contribution in [0.4, 0.5) is 0 Å². The average molecular weight is 270 g/mol. The van der Waals surface area contributed by atoms with Gasteiger partial charge in [-0.15, -0.1) is 0 Å². The molecule has 1 aromatic heterocycles. The number of carbonyl (C=O) groups is 2. The lowest BCUT2D eigenvalue weighted by Gasteiger charge is -2.25. The first-order valence-corrected chi connectivity index (χ1v) is 5.98. The maximum atomic E-state index is 11.7. The molecule has 0 aliphatic rings. The highest BCUT2D eigenvalue weighted by Crippen LogP contribution is 2.13. The van der Waals surface area contributed by atoms with Crippen LogP contribution in [-0.4, -0.2) is 34.3 Å². The molecular formula is C12H18N2O5. The topological polar surface area (TPSA) is 102 Å². The van der Waals surface area contributed by atoms with E-state index in [2.05, 4.69) is 10.5 Å². The number of nitrogens with one attached hydrogen (secondary N) is 1. The molecule has 0 aliphatic heterocycles. The Hall–Kier alpha value is -2.05. The van der Waals surface area contributed by atoms with Crippen LogP contribution in [0.5, 0.6) is 5.88 Å². The summed E-state index contributed by atoms with van der Waals surface area (Å²) in [5, 5.41) is 15.1. The van der Waals surface area contributed by atoms with Crippen molar-refractivity contribution in [2.45, 2.75) is 39.2 Å². The lowest BCUT2D eigenvalue weighted by Crippen LogP contribution is -2.53. The largest absolute Gasteiger partial charge is 0.480 e. The van der Waals surface area contributed by atoms with E-state index in [1.807, 2.05) is 6.92 Å². The van der Waals surface area contributed by atoms with Crippen molar-refractivity contribution in [3.8, 4) is 5.88 Å². The van der Waals surface area contributed by atoms with Gasteiger partial charge in [-0.2, -0.15) is 0 Å². The van der Waals surface area contributed by atoms with Crippen molar-refractivity contribution in [3.05, 3.63) is 11.8 Å². The summed E-state index contributed by atoms with van der Waals surface area (Å²) in [4.78, 5) is 22.8. The second-order valence-electron chi connectivity index (χ2n) is 4.50. The number of rotatable bonds is 7. The molecule has 1 rings (SSSR count). The van der Waals surface area contributed by atoms with Gasteiger partial charge in [0, 0.05) is 6.07 Å². The van der Waals surface area contributed by atoms with Gasteiger partial charge in [-0.25, -0.2) is 4.79 Å². The van der Waals surface area contributed by atoms with Crippen molar-refractivity contribution >= 4 is 11.9 Å². The third kappa shape index (κ3) is 4.27. The van der Waals surface area contributed by atoms with E-state index in [0.717, 1.165) is 0 Å². The molecule has 0 aliphatic carbocycles. The molecule has 2 N–H and O–H groups in total.